The van der Waals surface area contributed by atoms with E-state index in [1.165, 1.54) is 6.07 Å². The lowest BCUT2D eigenvalue weighted by Gasteiger charge is -2.07. The van der Waals surface area contributed by atoms with E-state index in [1.54, 1.807) is 18.2 Å². The lowest BCUT2D eigenvalue weighted by molar-refractivity contribution is -0.0495. The fourth-order valence-electron chi connectivity index (χ4n) is 1.99. The van der Waals surface area contributed by atoms with E-state index < -0.39 is 6.61 Å². The smallest absolute Gasteiger partial charge is 0.387 e. The Morgan fingerprint density at radius 1 is 1.30 bits per heavy atom. The normalized spacial score (nSPS) is 16.4. The maximum absolute atomic E-state index is 12.4. The molecule has 106 valence electrons. The van der Waals surface area contributed by atoms with E-state index in [-0.39, 0.29) is 17.7 Å². The van der Waals surface area contributed by atoms with Gasteiger partial charge in [0, 0.05) is 0 Å². The highest BCUT2D eigenvalue weighted by atomic mass is 19.3. The van der Waals surface area contributed by atoms with Gasteiger partial charge in [-0.15, -0.1) is 0 Å². The number of hydrogen-bond donors (Lipinski definition) is 1. The summed E-state index contributed by atoms with van der Waals surface area (Å²) in [5.41, 5.74) is 6.30. The average molecular weight is 281 g/mol. The van der Waals surface area contributed by atoms with Gasteiger partial charge in [-0.3, -0.25) is 0 Å². The molecule has 0 aliphatic heterocycles. The summed E-state index contributed by atoms with van der Waals surface area (Å²) in [5.74, 6) is 0.910. The van der Waals surface area contributed by atoms with E-state index in [1.807, 2.05) is 0 Å². The number of para-hydroxylation sites is 1. The van der Waals surface area contributed by atoms with Crippen LogP contribution < -0.4 is 10.5 Å². The fourth-order valence-corrected chi connectivity index (χ4v) is 1.99. The second-order valence-electron chi connectivity index (χ2n) is 4.70. The van der Waals surface area contributed by atoms with Crippen LogP contribution in [0.5, 0.6) is 5.75 Å². The molecule has 0 saturated heterocycles. The van der Waals surface area contributed by atoms with Gasteiger partial charge < -0.3 is 15.0 Å². The predicted octanol–water partition coefficient (Wildman–Crippen LogP) is 2.75. The van der Waals surface area contributed by atoms with Crippen molar-refractivity contribution in [1.82, 2.24) is 10.1 Å². The molecule has 7 heteroatoms. The zero-order valence-corrected chi connectivity index (χ0v) is 10.5. The first-order chi connectivity index (χ1) is 9.65. The molecule has 1 aromatic carbocycles. The molecule has 5 nitrogen and oxygen atoms in total. The largest absolute Gasteiger partial charge is 0.434 e. The Balaban J connectivity index is 1.88. The van der Waals surface area contributed by atoms with Crippen LogP contribution in [0.1, 0.15) is 24.7 Å². The van der Waals surface area contributed by atoms with Crippen LogP contribution in [0.3, 0.4) is 0 Å². The summed E-state index contributed by atoms with van der Waals surface area (Å²) in [6.45, 7) is -2.91. The number of alkyl halides is 2. The van der Waals surface area contributed by atoms with E-state index >= 15 is 0 Å². The predicted molar refractivity (Wildman–Crippen MR) is 66.0 cm³/mol. The molecule has 3 rings (SSSR count). The van der Waals surface area contributed by atoms with E-state index in [9.17, 15) is 8.78 Å². The molecule has 1 fully saturated rings. The molecule has 0 radical (unpaired) electrons. The van der Waals surface area contributed by atoms with Gasteiger partial charge in [0.15, 0.2) is 5.82 Å². The molecule has 1 aliphatic rings. The zero-order valence-electron chi connectivity index (χ0n) is 10.5. The number of hydrogen-bond acceptors (Lipinski definition) is 5. The number of ether oxygens (including phenoxy) is 1. The Kier molecular flexibility index (Phi) is 3.35. The molecule has 2 N–H and O–H groups in total. The molecule has 1 heterocycles. The second kappa shape index (κ2) is 5.16. The Labute approximate surface area is 113 Å². The molecule has 0 amide bonds. The Morgan fingerprint density at radius 3 is 2.75 bits per heavy atom. The first kappa shape index (κ1) is 13.0. The van der Waals surface area contributed by atoms with E-state index in [2.05, 4.69) is 14.9 Å². The SMILES string of the molecule is NC(c1noc(-c2ccccc2OC(F)F)n1)C1CC1. The van der Waals surface area contributed by atoms with Crippen molar-refractivity contribution in [2.24, 2.45) is 11.7 Å². The number of halogens is 2. The topological polar surface area (TPSA) is 74.2 Å². The van der Waals surface area contributed by atoms with Gasteiger partial charge >= 0.3 is 6.61 Å². The van der Waals surface area contributed by atoms with Crippen LogP contribution >= 0.6 is 0 Å². The van der Waals surface area contributed by atoms with Crippen LogP contribution in [0.2, 0.25) is 0 Å². The van der Waals surface area contributed by atoms with Gasteiger partial charge in [-0.25, -0.2) is 0 Å². The van der Waals surface area contributed by atoms with E-state index in [0.717, 1.165) is 12.8 Å². The summed E-state index contributed by atoms with van der Waals surface area (Å²) in [5, 5.41) is 3.82. The summed E-state index contributed by atoms with van der Waals surface area (Å²) in [7, 11) is 0. The van der Waals surface area contributed by atoms with Gasteiger partial charge in [0.1, 0.15) is 5.75 Å². The van der Waals surface area contributed by atoms with Crippen LogP contribution in [0, 0.1) is 5.92 Å². The zero-order chi connectivity index (χ0) is 14.1. The quantitative estimate of drug-likeness (QED) is 0.912. The number of benzene rings is 1. The second-order valence-corrected chi connectivity index (χ2v) is 4.70. The Bertz CT molecular complexity index is 599. The van der Waals surface area contributed by atoms with Gasteiger partial charge in [0.2, 0.25) is 0 Å². The van der Waals surface area contributed by atoms with Gasteiger partial charge in [-0.05, 0) is 30.9 Å². The van der Waals surface area contributed by atoms with Crippen molar-refractivity contribution >= 4 is 0 Å². The minimum absolute atomic E-state index is 0.00214. The molecule has 0 spiro atoms. The van der Waals surface area contributed by atoms with Crippen LogP contribution in [-0.2, 0) is 0 Å². The summed E-state index contributed by atoms with van der Waals surface area (Å²) in [4.78, 5) is 4.18. The number of rotatable bonds is 5. The highest BCUT2D eigenvalue weighted by Crippen LogP contribution is 2.39. The Morgan fingerprint density at radius 2 is 2.05 bits per heavy atom. The third-order valence-corrected chi connectivity index (χ3v) is 3.20. The monoisotopic (exact) mass is 281 g/mol. The number of aromatic nitrogens is 2. The highest BCUT2D eigenvalue weighted by molar-refractivity contribution is 5.62. The van der Waals surface area contributed by atoms with E-state index in [4.69, 9.17) is 10.3 Å². The third kappa shape index (κ3) is 2.62. The van der Waals surface area contributed by atoms with Crippen LogP contribution in [-0.4, -0.2) is 16.8 Å². The Hall–Kier alpha value is -2.02. The van der Waals surface area contributed by atoms with Crippen molar-refractivity contribution < 1.29 is 18.0 Å². The fraction of sp³-hybridized carbons (Fsp3) is 0.385. The maximum Gasteiger partial charge on any atom is 0.387 e. The molecular formula is C13H13F2N3O2. The van der Waals surface area contributed by atoms with Crippen molar-refractivity contribution in [3.05, 3.63) is 30.1 Å². The van der Waals surface area contributed by atoms with Crippen molar-refractivity contribution in [3.63, 3.8) is 0 Å². The van der Waals surface area contributed by atoms with Crippen LogP contribution in [0.25, 0.3) is 11.5 Å². The molecule has 0 bridgehead atoms. The van der Waals surface area contributed by atoms with Gasteiger partial charge in [0.25, 0.3) is 5.89 Å². The molecule has 1 atom stereocenters. The summed E-state index contributed by atoms with van der Waals surface area (Å²) >= 11 is 0. The minimum Gasteiger partial charge on any atom is -0.434 e. The van der Waals surface area contributed by atoms with Crippen molar-refractivity contribution in [2.45, 2.75) is 25.5 Å². The highest BCUT2D eigenvalue weighted by Gasteiger charge is 2.33. The van der Waals surface area contributed by atoms with E-state index in [0.29, 0.717) is 17.3 Å². The lowest BCUT2D eigenvalue weighted by Crippen LogP contribution is -2.13. The number of nitrogens with two attached hydrogens (primary N) is 1. The lowest BCUT2D eigenvalue weighted by atomic mass is 10.2. The molecule has 1 unspecified atom stereocenters. The third-order valence-electron chi connectivity index (χ3n) is 3.20. The van der Waals surface area contributed by atoms with Crippen LogP contribution in [0.4, 0.5) is 8.78 Å². The van der Waals surface area contributed by atoms with Gasteiger partial charge in [-0.2, -0.15) is 13.8 Å². The molecule has 1 saturated carbocycles. The standard InChI is InChI=1S/C13H13F2N3O2/c14-13(15)19-9-4-2-1-3-8(9)12-17-11(18-20-12)10(16)7-5-6-7/h1-4,7,10,13H,5-6,16H2. The first-order valence-corrected chi connectivity index (χ1v) is 6.28. The van der Waals surface area contributed by atoms with Crippen molar-refractivity contribution in [2.75, 3.05) is 0 Å². The maximum atomic E-state index is 12.4. The molecule has 2 aromatic rings. The molecular weight excluding hydrogens is 268 g/mol. The minimum atomic E-state index is -2.91. The molecule has 1 aliphatic carbocycles. The van der Waals surface area contributed by atoms with Gasteiger partial charge in [-0.1, -0.05) is 17.3 Å². The molecule has 20 heavy (non-hydrogen) atoms. The first-order valence-electron chi connectivity index (χ1n) is 6.28. The summed E-state index contributed by atoms with van der Waals surface area (Å²) in [6.07, 6.45) is 2.10. The molecule has 1 aromatic heterocycles. The van der Waals surface area contributed by atoms with Crippen molar-refractivity contribution in [3.8, 4) is 17.2 Å². The number of nitrogens with zero attached hydrogens (tertiary/aromatic N) is 2. The summed E-state index contributed by atoms with van der Waals surface area (Å²) < 4.78 is 34.3. The van der Waals surface area contributed by atoms with Gasteiger partial charge in [0.05, 0.1) is 11.6 Å². The average Bonchev–Trinajstić information content (AvgIpc) is 3.16. The van der Waals surface area contributed by atoms with Crippen molar-refractivity contribution in [1.29, 1.82) is 0 Å². The summed E-state index contributed by atoms with van der Waals surface area (Å²) in [6, 6.07) is 6.01. The van der Waals surface area contributed by atoms with Crippen LogP contribution in [0.15, 0.2) is 28.8 Å².